The summed E-state index contributed by atoms with van der Waals surface area (Å²) in [6.07, 6.45) is 4.17. The number of H-pyrrole nitrogens is 5. The Hall–Kier alpha value is -14.6. The molecule has 0 saturated heterocycles. The Bertz CT molecular complexity index is 7570. The summed E-state index contributed by atoms with van der Waals surface area (Å²) in [5.41, 5.74) is 14.1. The number of anilines is 2. The van der Waals surface area contributed by atoms with Crippen molar-refractivity contribution in [3.63, 3.8) is 0 Å². The highest BCUT2D eigenvalue weighted by Gasteiger charge is 2.24. The maximum absolute atomic E-state index is 14.3. The van der Waals surface area contributed by atoms with Crippen molar-refractivity contribution in [3.8, 4) is 74.2 Å². The number of aromatic nitrogens is 20. The molecule has 0 aliphatic heterocycles. The van der Waals surface area contributed by atoms with E-state index in [-0.39, 0.29) is 66.8 Å². The van der Waals surface area contributed by atoms with Crippen molar-refractivity contribution >= 4 is 75.3 Å². The molecular formula is C103H112ClFN22O8S2. The molecular weight excluding hydrogens is 1790 g/mol. The summed E-state index contributed by atoms with van der Waals surface area (Å²) in [6.45, 7) is 35.1. The Morgan fingerprint density at radius 2 is 0.810 bits per heavy atom. The summed E-state index contributed by atoms with van der Waals surface area (Å²) in [5.74, 6) is 7.33. The number of thioether (sulfide) groups is 2. The highest BCUT2D eigenvalue weighted by molar-refractivity contribution is 7.99. The molecule has 10 heterocycles. The summed E-state index contributed by atoms with van der Waals surface area (Å²) in [4.78, 5) is 104. The second-order valence-corrected chi connectivity index (χ2v) is 39.3. The molecule has 137 heavy (non-hydrogen) atoms. The van der Waals surface area contributed by atoms with Crippen LogP contribution in [-0.4, -0.2) is 124 Å². The van der Waals surface area contributed by atoms with Crippen molar-refractivity contribution in [1.29, 1.82) is 0 Å². The standard InChI is InChI=1S/C23H25N5O2.C22H21ClN4O2S.C22H21FN4O2S.C20H26N4O.C16H19N5O/c1-23(2,3)17-9-7-16(8-10-17)21-25-19-13-20(29)27-28(19)22(26-21)24-14-15-5-11-18(30-4)12-6-15;1-22(2,3)15-6-4-14(5-7-15)20-24-18-12-19(28)26-27(18)21(25-20)30-13-29-17-10-8-16(23)9-11-17;1-13(2)15-9-8-14(3)10-18(15)29-12-30-22-25-21(16-6-4-5-7-17(16)23)24-19-11-20(28)26-27(19)22;1-5-6-7-8-16-21-19(22-17-13-18(25)23-24(16)17)14-9-11-15(12-10-14)20(2,3)4;1-16(2,3)11-7-5-10(6-8-11)14-18-12-9-13(22)20-21(12)15(17-4)19-14/h5-13H,14H2,1-4H3,(H,27,29)(H,24,25,26);4-12H,13H2,1-3H3,(H,26,28);4-11,13H,12H2,1-3H3,(H,26,28);9-13H,5-8H2,1-4H3,(H,23,25);5-9H,1-4H3,(H,20,22)(H,17,18,19). The first-order valence-electron chi connectivity index (χ1n) is 44.9. The van der Waals surface area contributed by atoms with Gasteiger partial charge in [0.2, 0.25) is 11.9 Å². The maximum atomic E-state index is 14.3. The molecule has 18 aromatic rings. The van der Waals surface area contributed by atoms with Gasteiger partial charge in [-0.25, -0.2) is 66.8 Å². The summed E-state index contributed by atoms with van der Waals surface area (Å²) in [6, 6.07) is 67.6. The summed E-state index contributed by atoms with van der Waals surface area (Å²) >= 11 is 8.57. The Balaban J connectivity index is 0.000000138. The molecule has 34 heteroatoms. The van der Waals surface area contributed by atoms with Crippen LogP contribution in [0.5, 0.6) is 17.2 Å². The van der Waals surface area contributed by atoms with Gasteiger partial charge in [0, 0.05) is 77.6 Å². The van der Waals surface area contributed by atoms with Gasteiger partial charge in [-0.2, -0.15) is 9.97 Å². The van der Waals surface area contributed by atoms with Crippen LogP contribution < -0.4 is 52.6 Å². The molecule has 0 fully saturated rings. The van der Waals surface area contributed by atoms with Crippen molar-refractivity contribution in [2.24, 2.45) is 0 Å². The molecule has 0 amide bonds. The second kappa shape index (κ2) is 42.6. The number of fused-ring (bicyclic) bond motifs is 5. The third kappa shape index (κ3) is 25.0. The van der Waals surface area contributed by atoms with E-state index in [2.05, 4.69) is 258 Å². The van der Waals surface area contributed by atoms with E-state index in [0.29, 0.717) is 103 Å². The zero-order chi connectivity index (χ0) is 97.8. The molecule has 0 unspecified atom stereocenters. The van der Waals surface area contributed by atoms with Crippen molar-refractivity contribution in [2.75, 3.05) is 36.7 Å². The van der Waals surface area contributed by atoms with Gasteiger partial charge in [0.1, 0.15) is 40.8 Å². The molecule has 0 bridgehead atoms. The lowest BCUT2D eigenvalue weighted by Crippen LogP contribution is -2.11. The van der Waals surface area contributed by atoms with E-state index in [0.717, 1.165) is 82.0 Å². The minimum absolute atomic E-state index is 0.0668. The predicted molar refractivity (Wildman–Crippen MR) is 542 cm³/mol. The summed E-state index contributed by atoms with van der Waals surface area (Å²) < 4.78 is 39.1. The number of aromatic amines is 5. The van der Waals surface area contributed by atoms with Gasteiger partial charge < -0.3 is 24.8 Å². The van der Waals surface area contributed by atoms with Crippen LogP contribution >= 0.6 is 35.1 Å². The van der Waals surface area contributed by atoms with Crippen LogP contribution in [0.2, 0.25) is 5.02 Å². The van der Waals surface area contributed by atoms with Gasteiger partial charge in [-0.1, -0.05) is 262 Å². The molecule has 0 spiro atoms. The third-order valence-corrected chi connectivity index (χ3v) is 24.0. The largest absolute Gasteiger partial charge is 0.497 e. The molecule has 0 aliphatic rings. The van der Waals surface area contributed by atoms with Gasteiger partial charge in [-0.15, -0.1) is 0 Å². The highest BCUT2D eigenvalue weighted by Crippen LogP contribution is 2.35. The lowest BCUT2D eigenvalue weighted by atomic mass is 9.86. The number of aryl methyl sites for hydroxylation is 2. The topological polar surface area (TPSA) is 367 Å². The number of nitrogens with zero attached hydrogens (tertiary/aromatic N) is 15. The average Bonchev–Trinajstić information content (AvgIpc) is 1.70. The predicted octanol–water partition coefficient (Wildman–Crippen LogP) is 20.5. The minimum atomic E-state index is -0.423. The quantitative estimate of drug-likeness (QED) is 0.0178. The minimum Gasteiger partial charge on any atom is -0.497 e. The van der Waals surface area contributed by atoms with Crippen molar-refractivity contribution in [2.45, 2.75) is 181 Å². The van der Waals surface area contributed by atoms with Crippen LogP contribution in [0, 0.1) is 12.7 Å². The molecule has 8 aromatic carbocycles. The fourth-order valence-corrected chi connectivity index (χ4v) is 16.0. The number of methoxy groups -OCH3 is 1. The maximum Gasteiger partial charge on any atom is 0.266 e. The zero-order valence-corrected chi connectivity index (χ0v) is 82.2. The van der Waals surface area contributed by atoms with Gasteiger partial charge in [-0.3, -0.25) is 49.5 Å². The first-order valence-corrected chi connectivity index (χ1v) is 47.2. The normalized spacial score (nSPS) is 11.7. The van der Waals surface area contributed by atoms with Gasteiger partial charge in [0.25, 0.3) is 27.8 Å². The average molecular weight is 1900 g/mol. The summed E-state index contributed by atoms with van der Waals surface area (Å²) in [7, 11) is 3.40. The number of benzene rings is 8. The molecule has 0 atom stereocenters. The van der Waals surface area contributed by atoms with Crippen molar-refractivity contribution in [3.05, 3.63) is 326 Å². The van der Waals surface area contributed by atoms with Gasteiger partial charge in [0.05, 0.1) is 12.7 Å². The number of hydrogen-bond acceptors (Lipinski definition) is 22. The van der Waals surface area contributed by atoms with Crippen LogP contribution in [0.3, 0.4) is 0 Å². The van der Waals surface area contributed by atoms with Crippen LogP contribution in [0.25, 0.3) is 85.2 Å². The van der Waals surface area contributed by atoms with Crippen molar-refractivity contribution in [1.82, 2.24) is 97.9 Å². The molecule has 10 aromatic heterocycles. The fourth-order valence-electron chi connectivity index (χ4n) is 14.5. The molecule has 0 radical (unpaired) electrons. The molecule has 708 valence electrons. The molecule has 0 saturated carbocycles. The van der Waals surface area contributed by atoms with Crippen LogP contribution in [0.1, 0.15) is 174 Å². The SMILES string of the molecule is CC(C)(C)c1ccc(-c2nc(SCOc3ccc(Cl)cc3)n3[nH]c(=O)cc3n2)cc1.CCCCCc1nc(-c2ccc(C(C)(C)C)cc2)nc2cc(=O)[nH]n12.CNc1nc(-c2ccc(C(C)(C)C)cc2)nc2cc(=O)[nH]n12.COc1ccc(CNc2nc(-c3ccc(C(C)(C)C)cc3)nc3cc(=O)[nH]n23)cc1.Cc1ccc(C(C)C)c(OCSc2nc(-c3ccccc3F)nc3cc(=O)[nH]n23)c1. The molecule has 0 aliphatic carbocycles. The Morgan fingerprint density at radius 1 is 0.423 bits per heavy atom. The van der Waals surface area contributed by atoms with Gasteiger partial charge in [-0.05, 0) is 158 Å². The van der Waals surface area contributed by atoms with E-state index in [1.165, 1.54) is 91.2 Å². The molecule has 18 rings (SSSR count). The van der Waals surface area contributed by atoms with Gasteiger partial charge in [0.15, 0.2) is 67.7 Å². The zero-order valence-electron chi connectivity index (χ0n) is 79.9. The Morgan fingerprint density at radius 3 is 1.25 bits per heavy atom. The van der Waals surface area contributed by atoms with E-state index in [1.807, 2.05) is 73.7 Å². The second-order valence-electron chi connectivity index (χ2n) is 37.1. The lowest BCUT2D eigenvalue weighted by Gasteiger charge is -2.19. The number of rotatable bonds is 23. The number of ether oxygens (including phenoxy) is 3. The first kappa shape index (κ1) is 98.4. The van der Waals surface area contributed by atoms with E-state index >= 15 is 0 Å². The lowest BCUT2D eigenvalue weighted by molar-refractivity contribution is 0.385. The summed E-state index contributed by atoms with van der Waals surface area (Å²) in [5, 5.41) is 21.6. The number of halogens is 2. The number of hydrogen-bond donors (Lipinski definition) is 7. The van der Waals surface area contributed by atoms with Crippen LogP contribution in [0.15, 0.2) is 253 Å². The third-order valence-electron chi connectivity index (χ3n) is 22.2. The van der Waals surface area contributed by atoms with E-state index in [4.69, 9.17) is 30.8 Å². The molecule has 30 nitrogen and oxygen atoms in total. The number of unbranched alkanes of at least 4 members (excludes halogenated alkanes) is 2. The van der Waals surface area contributed by atoms with Gasteiger partial charge >= 0.3 is 0 Å². The highest BCUT2D eigenvalue weighted by atomic mass is 35.5. The monoisotopic (exact) mass is 1900 g/mol. The fraction of sp³-hybridized carbons (Fsp3) is 0.291. The smallest absolute Gasteiger partial charge is 0.266 e. The van der Waals surface area contributed by atoms with Crippen molar-refractivity contribution < 1.29 is 18.6 Å². The van der Waals surface area contributed by atoms with Crippen LogP contribution in [-0.2, 0) is 34.6 Å². The molecule has 7 N–H and O–H groups in total. The Kier molecular flexibility index (Phi) is 30.6. The van der Waals surface area contributed by atoms with E-state index in [9.17, 15) is 28.4 Å². The van der Waals surface area contributed by atoms with E-state index in [1.54, 1.807) is 70.2 Å². The van der Waals surface area contributed by atoms with Crippen LogP contribution in [0.4, 0.5) is 16.3 Å². The van der Waals surface area contributed by atoms with E-state index < -0.39 is 5.82 Å². The Labute approximate surface area is 804 Å². The number of nitrogens with one attached hydrogen (secondary N) is 7. The first-order chi connectivity index (χ1) is 65.3.